The topological polar surface area (TPSA) is 60.3 Å². The number of Topliss-reactive ketones (excluding diaryl/α,β-unsaturated/α-hetero) is 1. The molecule has 1 aromatic heterocycles. The SMILES string of the molecule is CCCC(=O)c1c(OC)c(=O)cc2n1NCC2C. The minimum Gasteiger partial charge on any atom is -0.491 e. The number of nitrogens with zero attached hydrogens (tertiary/aromatic N) is 1. The van der Waals surface area contributed by atoms with Crippen LogP contribution in [0.1, 0.15) is 48.8 Å². The minimum atomic E-state index is -0.223. The molecular weight excluding hydrogens is 232 g/mol. The first-order valence-corrected chi connectivity index (χ1v) is 6.21. The first-order chi connectivity index (χ1) is 8.60. The summed E-state index contributed by atoms with van der Waals surface area (Å²) >= 11 is 0. The Bertz CT molecular complexity index is 534. The molecule has 0 saturated carbocycles. The summed E-state index contributed by atoms with van der Waals surface area (Å²) in [5.41, 5.74) is 4.11. The van der Waals surface area contributed by atoms with Gasteiger partial charge in [-0.25, -0.2) is 0 Å². The van der Waals surface area contributed by atoms with Crippen molar-refractivity contribution < 1.29 is 9.53 Å². The van der Waals surface area contributed by atoms with E-state index in [2.05, 4.69) is 5.43 Å². The molecule has 0 aromatic carbocycles. The van der Waals surface area contributed by atoms with Gasteiger partial charge in [0, 0.05) is 30.6 Å². The summed E-state index contributed by atoms with van der Waals surface area (Å²) in [7, 11) is 1.42. The van der Waals surface area contributed by atoms with Crippen molar-refractivity contribution in [3.63, 3.8) is 0 Å². The number of aromatic nitrogens is 1. The Morgan fingerprint density at radius 3 is 2.94 bits per heavy atom. The summed E-state index contributed by atoms with van der Waals surface area (Å²) in [5, 5.41) is 0. The van der Waals surface area contributed by atoms with Gasteiger partial charge >= 0.3 is 0 Å². The summed E-state index contributed by atoms with van der Waals surface area (Å²) < 4.78 is 6.82. The molecular formula is C13H18N2O3. The van der Waals surface area contributed by atoms with Crippen molar-refractivity contribution in [1.82, 2.24) is 4.68 Å². The highest BCUT2D eigenvalue weighted by Gasteiger charge is 2.27. The van der Waals surface area contributed by atoms with E-state index in [4.69, 9.17) is 4.74 Å². The molecule has 0 amide bonds. The van der Waals surface area contributed by atoms with Crippen LogP contribution in [0.25, 0.3) is 0 Å². The fourth-order valence-corrected chi connectivity index (χ4v) is 2.27. The van der Waals surface area contributed by atoms with Gasteiger partial charge in [-0.15, -0.1) is 0 Å². The zero-order valence-corrected chi connectivity index (χ0v) is 10.9. The molecule has 98 valence electrons. The number of fused-ring (bicyclic) bond motifs is 1. The van der Waals surface area contributed by atoms with Crippen molar-refractivity contribution in [1.29, 1.82) is 0 Å². The fraction of sp³-hybridized carbons (Fsp3) is 0.538. The zero-order valence-electron chi connectivity index (χ0n) is 10.9. The number of rotatable bonds is 4. The van der Waals surface area contributed by atoms with Gasteiger partial charge < -0.3 is 10.2 Å². The van der Waals surface area contributed by atoms with E-state index in [1.54, 1.807) is 10.7 Å². The molecule has 1 aromatic rings. The van der Waals surface area contributed by atoms with Crippen LogP contribution in [0.4, 0.5) is 0 Å². The predicted molar refractivity (Wildman–Crippen MR) is 69.1 cm³/mol. The van der Waals surface area contributed by atoms with Crippen LogP contribution in [-0.4, -0.2) is 24.1 Å². The monoisotopic (exact) mass is 250 g/mol. The van der Waals surface area contributed by atoms with Crippen LogP contribution in [0.15, 0.2) is 10.9 Å². The number of ketones is 1. The van der Waals surface area contributed by atoms with Crippen molar-refractivity contribution in [2.24, 2.45) is 0 Å². The number of carbonyl (C=O) groups is 1. The van der Waals surface area contributed by atoms with Crippen LogP contribution in [0.5, 0.6) is 5.75 Å². The maximum atomic E-state index is 12.2. The van der Waals surface area contributed by atoms with Gasteiger partial charge in [-0.05, 0) is 6.42 Å². The van der Waals surface area contributed by atoms with E-state index in [0.29, 0.717) is 12.1 Å². The number of hydrogen-bond donors (Lipinski definition) is 1. The number of nitrogens with one attached hydrogen (secondary N) is 1. The van der Waals surface area contributed by atoms with E-state index in [1.807, 2.05) is 13.8 Å². The van der Waals surface area contributed by atoms with Crippen LogP contribution in [0.3, 0.4) is 0 Å². The molecule has 2 heterocycles. The largest absolute Gasteiger partial charge is 0.491 e. The smallest absolute Gasteiger partial charge is 0.224 e. The third kappa shape index (κ3) is 1.89. The van der Waals surface area contributed by atoms with Gasteiger partial charge in [-0.1, -0.05) is 13.8 Å². The fourth-order valence-electron chi connectivity index (χ4n) is 2.27. The summed E-state index contributed by atoms with van der Waals surface area (Å²) in [6.07, 6.45) is 1.16. The molecule has 1 atom stereocenters. The average Bonchev–Trinajstić information content (AvgIpc) is 2.69. The Morgan fingerprint density at radius 1 is 1.61 bits per heavy atom. The van der Waals surface area contributed by atoms with E-state index in [-0.39, 0.29) is 22.9 Å². The van der Waals surface area contributed by atoms with Gasteiger partial charge in [0.15, 0.2) is 17.2 Å². The Balaban J connectivity index is 2.65. The second kappa shape index (κ2) is 4.84. The molecule has 5 nitrogen and oxygen atoms in total. The Morgan fingerprint density at radius 2 is 2.33 bits per heavy atom. The Kier molecular flexibility index (Phi) is 3.41. The lowest BCUT2D eigenvalue weighted by Crippen LogP contribution is -2.24. The minimum absolute atomic E-state index is 0.0603. The molecule has 0 radical (unpaired) electrons. The summed E-state index contributed by atoms with van der Waals surface area (Å²) in [4.78, 5) is 24.1. The van der Waals surface area contributed by atoms with Gasteiger partial charge in [-0.2, -0.15) is 0 Å². The molecule has 0 saturated heterocycles. The molecule has 0 spiro atoms. The molecule has 5 heteroatoms. The lowest BCUT2D eigenvalue weighted by atomic mass is 10.1. The highest BCUT2D eigenvalue weighted by molar-refractivity contribution is 5.97. The summed E-state index contributed by atoms with van der Waals surface area (Å²) in [6.45, 7) is 4.68. The quantitative estimate of drug-likeness (QED) is 0.823. The van der Waals surface area contributed by atoms with Crippen LogP contribution in [0, 0.1) is 0 Å². The maximum absolute atomic E-state index is 12.2. The molecule has 1 aliphatic heterocycles. The number of hydrogen-bond acceptors (Lipinski definition) is 4. The number of ether oxygens (including phenoxy) is 1. The summed E-state index contributed by atoms with van der Waals surface area (Å²) in [6, 6.07) is 1.55. The Hall–Kier alpha value is -1.78. The van der Waals surface area contributed by atoms with E-state index >= 15 is 0 Å². The second-order valence-electron chi connectivity index (χ2n) is 4.59. The van der Waals surface area contributed by atoms with Gasteiger partial charge in [0.05, 0.1) is 7.11 Å². The molecule has 1 N–H and O–H groups in total. The predicted octanol–water partition coefficient (Wildman–Crippen LogP) is 1.50. The standard InChI is InChI=1S/C13H18N2O3/c1-4-5-10(16)12-13(18-3)11(17)6-9-8(2)7-14-15(9)12/h6,8,14H,4-5,7H2,1-3H3. The average molecular weight is 250 g/mol. The highest BCUT2D eigenvalue weighted by atomic mass is 16.5. The summed E-state index contributed by atoms with van der Waals surface area (Å²) in [5.74, 6) is 0.297. The van der Waals surface area contributed by atoms with Crippen LogP contribution < -0.4 is 15.6 Å². The number of pyridine rings is 1. The molecule has 1 unspecified atom stereocenters. The van der Waals surface area contributed by atoms with Crippen molar-refractivity contribution in [3.8, 4) is 5.75 Å². The van der Waals surface area contributed by atoms with Crippen molar-refractivity contribution in [2.45, 2.75) is 32.6 Å². The second-order valence-corrected chi connectivity index (χ2v) is 4.59. The molecule has 0 fully saturated rings. The van der Waals surface area contributed by atoms with Gasteiger partial charge in [0.2, 0.25) is 5.43 Å². The lowest BCUT2D eigenvalue weighted by molar-refractivity contribution is 0.0969. The molecule has 1 aliphatic rings. The van der Waals surface area contributed by atoms with Crippen LogP contribution in [-0.2, 0) is 0 Å². The molecule has 0 aliphatic carbocycles. The third-order valence-corrected chi connectivity index (χ3v) is 3.21. The lowest BCUT2D eigenvalue weighted by Gasteiger charge is -2.15. The molecule has 18 heavy (non-hydrogen) atoms. The van der Waals surface area contributed by atoms with Crippen LogP contribution >= 0.6 is 0 Å². The normalized spacial score (nSPS) is 17.2. The number of carbonyl (C=O) groups excluding carboxylic acids is 1. The first-order valence-electron chi connectivity index (χ1n) is 6.21. The van der Waals surface area contributed by atoms with Crippen molar-refractivity contribution >= 4 is 5.78 Å². The van der Waals surface area contributed by atoms with E-state index in [9.17, 15) is 9.59 Å². The van der Waals surface area contributed by atoms with Gasteiger partial charge in [0.25, 0.3) is 0 Å². The van der Waals surface area contributed by atoms with E-state index in [0.717, 1.165) is 18.7 Å². The van der Waals surface area contributed by atoms with Crippen molar-refractivity contribution in [2.75, 3.05) is 19.1 Å². The van der Waals surface area contributed by atoms with Crippen LogP contribution in [0.2, 0.25) is 0 Å². The zero-order chi connectivity index (χ0) is 13.3. The van der Waals surface area contributed by atoms with E-state index in [1.165, 1.54) is 7.11 Å². The van der Waals surface area contributed by atoms with Gasteiger partial charge in [0.1, 0.15) is 0 Å². The first kappa shape index (κ1) is 12.7. The third-order valence-electron chi connectivity index (χ3n) is 3.21. The molecule has 2 rings (SSSR count). The maximum Gasteiger partial charge on any atom is 0.224 e. The molecule has 0 bridgehead atoms. The Labute approximate surface area is 106 Å². The number of methoxy groups -OCH3 is 1. The highest BCUT2D eigenvalue weighted by Crippen LogP contribution is 2.25. The van der Waals surface area contributed by atoms with Gasteiger partial charge in [-0.3, -0.25) is 14.3 Å². The van der Waals surface area contributed by atoms with E-state index < -0.39 is 0 Å². The van der Waals surface area contributed by atoms with Crippen molar-refractivity contribution in [3.05, 3.63) is 27.7 Å².